The fourth-order valence-corrected chi connectivity index (χ4v) is 2.99. The lowest BCUT2D eigenvalue weighted by atomic mass is 10.1. The Balaban J connectivity index is 2.00. The molecule has 0 N–H and O–H groups in total. The van der Waals surface area contributed by atoms with Crippen LogP contribution >= 0.6 is 0 Å². The van der Waals surface area contributed by atoms with Gasteiger partial charge in [-0.1, -0.05) is 31.2 Å². The van der Waals surface area contributed by atoms with Crippen molar-refractivity contribution in [2.45, 2.75) is 26.4 Å². The molecule has 0 spiro atoms. The Hall–Kier alpha value is -3.15. The molecule has 0 radical (unpaired) electrons. The molecule has 1 unspecified atom stereocenters. The van der Waals surface area contributed by atoms with Gasteiger partial charge in [-0.25, -0.2) is 0 Å². The molecule has 0 bridgehead atoms. The Bertz CT molecular complexity index is 859. The molecule has 2 aromatic carbocycles. The SMILES string of the molecule is CC=Cc1cccc2c1OC(CC)CN2C(=O)c1ccc([N+](=O)[O-])cc1. The number of para-hydroxylation sites is 1. The molecule has 0 saturated carbocycles. The normalized spacial score (nSPS) is 16.2. The molecule has 1 atom stereocenters. The van der Waals surface area contributed by atoms with E-state index in [1.165, 1.54) is 24.3 Å². The number of rotatable bonds is 4. The van der Waals surface area contributed by atoms with Gasteiger partial charge in [0, 0.05) is 23.3 Å². The summed E-state index contributed by atoms with van der Waals surface area (Å²) in [6, 6.07) is 11.4. The number of nitro benzene ring substituents is 1. The topological polar surface area (TPSA) is 72.7 Å². The second-order valence-electron chi connectivity index (χ2n) is 6.06. The van der Waals surface area contributed by atoms with Gasteiger partial charge in [0.15, 0.2) is 5.75 Å². The molecule has 0 aliphatic carbocycles. The number of carbonyl (C=O) groups is 1. The van der Waals surface area contributed by atoms with E-state index in [0.717, 1.165) is 12.0 Å². The van der Waals surface area contributed by atoms with Crippen LogP contribution < -0.4 is 9.64 Å². The molecule has 3 rings (SSSR count). The van der Waals surface area contributed by atoms with Gasteiger partial charge in [0.2, 0.25) is 0 Å². The van der Waals surface area contributed by atoms with Crippen LogP contribution in [0, 0.1) is 10.1 Å². The van der Waals surface area contributed by atoms with Gasteiger partial charge >= 0.3 is 0 Å². The molecule has 1 amide bonds. The Morgan fingerprint density at radius 1 is 1.31 bits per heavy atom. The van der Waals surface area contributed by atoms with E-state index in [2.05, 4.69) is 0 Å². The van der Waals surface area contributed by atoms with E-state index in [4.69, 9.17) is 4.74 Å². The average molecular weight is 352 g/mol. The smallest absolute Gasteiger partial charge is 0.269 e. The predicted molar refractivity (Wildman–Crippen MR) is 101 cm³/mol. The van der Waals surface area contributed by atoms with Gasteiger partial charge in [-0.15, -0.1) is 0 Å². The van der Waals surface area contributed by atoms with Crippen molar-refractivity contribution in [2.24, 2.45) is 0 Å². The number of benzene rings is 2. The number of anilines is 1. The Morgan fingerprint density at radius 3 is 2.65 bits per heavy atom. The fraction of sp³-hybridized carbons (Fsp3) is 0.250. The number of fused-ring (bicyclic) bond motifs is 1. The van der Waals surface area contributed by atoms with Crippen LogP contribution in [0.4, 0.5) is 11.4 Å². The van der Waals surface area contributed by atoms with Crippen molar-refractivity contribution in [2.75, 3.05) is 11.4 Å². The van der Waals surface area contributed by atoms with E-state index in [1.54, 1.807) is 4.90 Å². The van der Waals surface area contributed by atoms with E-state index in [-0.39, 0.29) is 17.7 Å². The second kappa shape index (κ2) is 7.39. The summed E-state index contributed by atoms with van der Waals surface area (Å²) < 4.78 is 6.10. The molecule has 134 valence electrons. The molecule has 6 heteroatoms. The molecular weight excluding hydrogens is 332 g/mol. The van der Waals surface area contributed by atoms with Crippen LogP contribution in [-0.2, 0) is 0 Å². The minimum absolute atomic E-state index is 0.0364. The van der Waals surface area contributed by atoms with Crippen molar-refractivity contribution in [3.8, 4) is 5.75 Å². The number of non-ortho nitro benzene ring substituents is 1. The van der Waals surface area contributed by atoms with Crippen molar-refractivity contribution in [1.82, 2.24) is 0 Å². The van der Waals surface area contributed by atoms with Crippen molar-refractivity contribution >= 4 is 23.4 Å². The summed E-state index contributed by atoms with van der Waals surface area (Å²) in [5.74, 6) is 0.500. The third kappa shape index (κ3) is 3.31. The molecule has 0 saturated heterocycles. The zero-order valence-corrected chi connectivity index (χ0v) is 14.7. The van der Waals surface area contributed by atoms with Crippen LogP contribution in [0.3, 0.4) is 0 Å². The highest BCUT2D eigenvalue weighted by Gasteiger charge is 2.30. The molecule has 1 aliphatic rings. The van der Waals surface area contributed by atoms with Gasteiger partial charge in [0.25, 0.3) is 11.6 Å². The third-order valence-electron chi connectivity index (χ3n) is 4.36. The molecule has 1 aliphatic heterocycles. The predicted octanol–water partition coefficient (Wildman–Crippen LogP) is 4.45. The number of allylic oxidation sites excluding steroid dienone is 1. The van der Waals surface area contributed by atoms with Crippen molar-refractivity contribution in [1.29, 1.82) is 0 Å². The van der Waals surface area contributed by atoms with E-state index >= 15 is 0 Å². The largest absolute Gasteiger partial charge is 0.486 e. The zero-order valence-electron chi connectivity index (χ0n) is 14.7. The first-order valence-electron chi connectivity index (χ1n) is 8.53. The monoisotopic (exact) mass is 352 g/mol. The Morgan fingerprint density at radius 2 is 2.04 bits per heavy atom. The van der Waals surface area contributed by atoms with Gasteiger partial charge in [0.05, 0.1) is 17.2 Å². The summed E-state index contributed by atoms with van der Waals surface area (Å²) in [4.78, 5) is 25.1. The Labute approximate surface area is 151 Å². The number of amides is 1. The second-order valence-corrected chi connectivity index (χ2v) is 6.06. The summed E-state index contributed by atoms with van der Waals surface area (Å²) in [5, 5.41) is 10.8. The molecular formula is C20H20N2O4. The summed E-state index contributed by atoms with van der Waals surface area (Å²) in [5.41, 5.74) is 2.01. The summed E-state index contributed by atoms with van der Waals surface area (Å²) in [7, 11) is 0. The quantitative estimate of drug-likeness (QED) is 0.602. The summed E-state index contributed by atoms with van der Waals surface area (Å²) in [6.07, 6.45) is 4.55. The van der Waals surface area contributed by atoms with Crippen LogP contribution in [0.15, 0.2) is 48.5 Å². The standard InChI is InChI=1S/C20H20N2O4/c1-3-6-14-7-5-8-18-19(14)26-17(4-2)13-21(18)20(23)15-9-11-16(12-10-15)22(24)25/h3,5-12,17H,4,13H2,1-2H3. The number of carbonyl (C=O) groups excluding carboxylic acids is 1. The maximum atomic E-state index is 13.1. The van der Waals surface area contributed by atoms with Gasteiger partial charge in [-0.05, 0) is 31.5 Å². The molecule has 0 aromatic heterocycles. The molecule has 2 aromatic rings. The van der Waals surface area contributed by atoms with E-state index < -0.39 is 4.92 Å². The fourth-order valence-electron chi connectivity index (χ4n) is 2.99. The number of hydrogen-bond donors (Lipinski definition) is 0. The summed E-state index contributed by atoms with van der Waals surface area (Å²) >= 11 is 0. The number of nitrogens with zero attached hydrogens (tertiary/aromatic N) is 2. The van der Waals surface area contributed by atoms with Crippen molar-refractivity contribution < 1.29 is 14.5 Å². The highest BCUT2D eigenvalue weighted by Crippen LogP contribution is 2.38. The lowest BCUT2D eigenvalue weighted by molar-refractivity contribution is -0.384. The van der Waals surface area contributed by atoms with Gasteiger partial charge in [-0.3, -0.25) is 14.9 Å². The van der Waals surface area contributed by atoms with Gasteiger partial charge in [-0.2, -0.15) is 0 Å². The van der Waals surface area contributed by atoms with Gasteiger partial charge in [0.1, 0.15) is 6.10 Å². The first-order valence-corrected chi connectivity index (χ1v) is 8.53. The van der Waals surface area contributed by atoms with E-state index in [9.17, 15) is 14.9 Å². The van der Waals surface area contributed by atoms with E-state index in [1.807, 2.05) is 44.2 Å². The van der Waals surface area contributed by atoms with Crippen LogP contribution in [-0.4, -0.2) is 23.5 Å². The van der Waals surface area contributed by atoms with Crippen molar-refractivity contribution in [3.63, 3.8) is 0 Å². The highest BCUT2D eigenvalue weighted by molar-refractivity contribution is 6.07. The van der Waals surface area contributed by atoms with Crippen LogP contribution in [0.25, 0.3) is 6.08 Å². The number of ether oxygens (including phenoxy) is 1. The van der Waals surface area contributed by atoms with Gasteiger partial charge < -0.3 is 9.64 Å². The lowest BCUT2D eigenvalue weighted by Gasteiger charge is -2.35. The van der Waals surface area contributed by atoms with Crippen LogP contribution in [0.2, 0.25) is 0 Å². The number of nitro groups is 1. The zero-order chi connectivity index (χ0) is 18.7. The lowest BCUT2D eigenvalue weighted by Crippen LogP contribution is -2.43. The first-order chi connectivity index (χ1) is 12.5. The maximum Gasteiger partial charge on any atom is 0.269 e. The molecule has 0 fully saturated rings. The first kappa shape index (κ1) is 17.7. The maximum absolute atomic E-state index is 13.1. The highest BCUT2D eigenvalue weighted by atomic mass is 16.6. The summed E-state index contributed by atoms with van der Waals surface area (Å²) in [6.45, 7) is 4.39. The minimum Gasteiger partial charge on any atom is -0.486 e. The molecule has 26 heavy (non-hydrogen) atoms. The number of hydrogen-bond acceptors (Lipinski definition) is 4. The molecule has 6 nitrogen and oxygen atoms in total. The van der Waals surface area contributed by atoms with E-state index in [0.29, 0.717) is 23.5 Å². The molecule has 1 heterocycles. The van der Waals surface area contributed by atoms with Crippen LogP contribution in [0.1, 0.15) is 36.2 Å². The van der Waals surface area contributed by atoms with Crippen molar-refractivity contribution in [3.05, 3.63) is 69.8 Å². The Kier molecular flexibility index (Phi) is 5.02. The third-order valence-corrected chi connectivity index (χ3v) is 4.36. The average Bonchev–Trinajstić information content (AvgIpc) is 2.67. The van der Waals surface area contributed by atoms with Crippen LogP contribution in [0.5, 0.6) is 5.75 Å². The minimum atomic E-state index is -0.477.